The van der Waals surface area contributed by atoms with Gasteiger partial charge in [-0.05, 0) is 32.0 Å². The van der Waals surface area contributed by atoms with Gasteiger partial charge in [0.2, 0.25) is 0 Å². The number of nitrogens with zero attached hydrogens (tertiary/aromatic N) is 4. The lowest BCUT2D eigenvalue weighted by molar-refractivity contribution is -0.0707. The summed E-state index contributed by atoms with van der Waals surface area (Å²) in [7, 11) is 0. The van der Waals surface area contributed by atoms with E-state index in [-0.39, 0.29) is 18.0 Å². The van der Waals surface area contributed by atoms with Gasteiger partial charge in [0.15, 0.2) is 0 Å². The molecular formula is C15H19ClN4O2. The topological polar surface area (TPSA) is 63.4 Å². The molecule has 2 atom stereocenters. The molecule has 3 rings (SSSR count). The summed E-state index contributed by atoms with van der Waals surface area (Å²) < 4.78 is 7.27. The molecule has 1 fully saturated rings. The minimum absolute atomic E-state index is 0.120. The Morgan fingerprint density at radius 2 is 2.05 bits per heavy atom. The van der Waals surface area contributed by atoms with Crippen LogP contribution < -0.4 is 0 Å². The highest BCUT2D eigenvalue weighted by atomic mass is 35.5. The summed E-state index contributed by atoms with van der Waals surface area (Å²) in [6.07, 6.45) is 2.25. The molecule has 1 saturated heterocycles. The third kappa shape index (κ3) is 3.40. The second-order valence-corrected chi connectivity index (χ2v) is 6.18. The van der Waals surface area contributed by atoms with E-state index in [1.165, 1.54) is 0 Å². The molecule has 6 nitrogen and oxygen atoms in total. The van der Waals surface area contributed by atoms with Gasteiger partial charge in [-0.1, -0.05) is 16.8 Å². The maximum absolute atomic E-state index is 9.91. The van der Waals surface area contributed by atoms with E-state index in [4.69, 9.17) is 16.3 Å². The number of benzene rings is 1. The van der Waals surface area contributed by atoms with Gasteiger partial charge in [0, 0.05) is 24.7 Å². The molecule has 1 aromatic carbocycles. The highest BCUT2D eigenvalue weighted by Gasteiger charge is 2.23. The Labute approximate surface area is 134 Å². The summed E-state index contributed by atoms with van der Waals surface area (Å²) >= 11 is 5.97. The van der Waals surface area contributed by atoms with Gasteiger partial charge in [0.25, 0.3) is 0 Å². The summed E-state index contributed by atoms with van der Waals surface area (Å²) in [5.41, 5.74) is 1.37. The average molecular weight is 323 g/mol. The summed E-state index contributed by atoms with van der Waals surface area (Å²) in [6.45, 7) is 6.60. The van der Waals surface area contributed by atoms with Crippen molar-refractivity contribution in [3.8, 4) is 11.4 Å². The van der Waals surface area contributed by atoms with Crippen molar-refractivity contribution in [3.05, 3.63) is 35.1 Å². The smallest absolute Gasteiger partial charge is 0.141 e. The third-order valence-electron chi connectivity index (χ3n) is 3.61. The molecule has 2 heterocycles. The molecule has 0 amide bonds. The van der Waals surface area contributed by atoms with Gasteiger partial charge in [-0.3, -0.25) is 4.90 Å². The Kier molecular flexibility index (Phi) is 4.33. The monoisotopic (exact) mass is 322 g/mol. The number of hydrogen-bond acceptors (Lipinski definition) is 5. The number of hydrogen-bond donors (Lipinski definition) is 1. The molecular weight excluding hydrogens is 304 g/mol. The first-order valence-corrected chi connectivity index (χ1v) is 7.67. The molecule has 1 aromatic heterocycles. The van der Waals surface area contributed by atoms with Crippen LogP contribution in [0.3, 0.4) is 0 Å². The molecule has 118 valence electrons. The van der Waals surface area contributed by atoms with Gasteiger partial charge in [-0.2, -0.15) is 0 Å². The lowest BCUT2D eigenvalue weighted by atomic mass is 10.2. The minimum atomic E-state index is 0.120. The van der Waals surface area contributed by atoms with Crippen molar-refractivity contribution in [2.24, 2.45) is 0 Å². The van der Waals surface area contributed by atoms with Crippen LogP contribution in [0.2, 0.25) is 5.02 Å². The number of aromatic hydroxyl groups is 1. The van der Waals surface area contributed by atoms with Crippen molar-refractivity contribution in [2.75, 3.05) is 13.1 Å². The zero-order valence-corrected chi connectivity index (χ0v) is 13.4. The average Bonchev–Trinajstić information content (AvgIpc) is 2.88. The first kappa shape index (κ1) is 15.3. The fraction of sp³-hybridized carbons (Fsp3) is 0.467. The molecule has 0 unspecified atom stereocenters. The minimum Gasteiger partial charge on any atom is -0.506 e. The Hall–Kier alpha value is -1.63. The van der Waals surface area contributed by atoms with Crippen LogP contribution in [0.5, 0.6) is 5.75 Å². The molecule has 22 heavy (non-hydrogen) atoms. The van der Waals surface area contributed by atoms with Gasteiger partial charge >= 0.3 is 0 Å². The van der Waals surface area contributed by atoms with Crippen molar-refractivity contribution < 1.29 is 9.84 Å². The predicted octanol–water partition coefficient (Wildman–Crippen LogP) is 2.24. The van der Waals surface area contributed by atoms with Crippen molar-refractivity contribution in [2.45, 2.75) is 32.6 Å². The van der Waals surface area contributed by atoms with Crippen molar-refractivity contribution in [3.63, 3.8) is 0 Å². The van der Waals surface area contributed by atoms with Gasteiger partial charge in [0.1, 0.15) is 11.4 Å². The second-order valence-electron chi connectivity index (χ2n) is 5.74. The zero-order valence-electron chi connectivity index (χ0n) is 12.6. The van der Waals surface area contributed by atoms with Crippen molar-refractivity contribution >= 4 is 11.6 Å². The van der Waals surface area contributed by atoms with E-state index in [0.29, 0.717) is 17.3 Å². The van der Waals surface area contributed by atoms with E-state index >= 15 is 0 Å². The Balaban J connectivity index is 1.75. The molecule has 0 radical (unpaired) electrons. The number of phenolic OH excluding ortho intramolecular Hbond substituents is 1. The number of ether oxygens (including phenoxy) is 1. The molecule has 7 heteroatoms. The summed E-state index contributed by atoms with van der Waals surface area (Å²) in [5.74, 6) is 0.120. The van der Waals surface area contributed by atoms with E-state index < -0.39 is 0 Å². The lowest BCUT2D eigenvalue weighted by Crippen LogP contribution is -2.44. The van der Waals surface area contributed by atoms with Gasteiger partial charge in [-0.25, -0.2) is 4.68 Å². The largest absolute Gasteiger partial charge is 0.506 e. The van der Waals surface area contributed by atoms with Gasteiger partial charge < -0.3 is 9.84 Å². The molecule has 0 bridgehead atoms. The van der Waals surface area contributed by atoms with Crippen LogP contribution in [0.1, 0.15) is 19.5 Å². The molecule has 0 aliphatic carbocycles. The van der Waals surface area contributed by atoms with E-state index in [2.05, 4.69) is 29.1 Å². The van der Waals surface area contributed by atoms with E-state index in [9.17, 15) is 5.11 Å². The Morgan fingerprint density at radius 3 is 2.77 bits per heavy atom. The molecule has 1 N–H and O–H groups in total. The van der Waals surface area contributed by atoms with E-state index in [0.717, 1.165) is 18.8 Å². The standard InChI is InChI=1S/C15H19ClN4O2/c1-10-6-19(7-11(2)22-10)8-13-9-20(18-17-13)14-5-12(16)3-4-15(14)21/h3-5,9-11,21H,6-8H2,1-2H3/t10-,11+. The van der Waals surface area contributed by atoms with Crippen LogP contribution in [0.4, 0.5) is 0 Å². The van der Waals surface area contributed by atoms with E-state index in [1.807, 2.05) is 6.20 Å². The highest BCUT2D eigenvalue weighted by molar-refractivity contribution is 6.30. The van der Waals surface area contributed by atoms with Crippen LogP contribution in [-0.4, -0.2) is 50.3 Å². The normalized spacial score (nSPS) is 22.9. The maximum atomic E-state index is 9.91. The third-order valence-corrected chi connectivity index (χ3v) is 3.84. The molecule has 1 aliphatic rings. The quantitative estimate of drug-likeness (QED) is 0.939. The van der Waals surface area contributed by atoms with Crippen LogP contribution in [0.15, 0.2) is 24.4 Å². The Bertz CT molecular complexity index is 651. The summed E-state index contributed by atoms with van der Waals surface area (Å²) in [6, 6.07) is 4.84. The molecule has 1 aliphatic heterocycles. The lowest BCUT2D eigenvalue weighted by Gasteiger charge is -2.34. The number of phenols is 1. The fourth-order valence-corrected chi connectivity index (χ4v) is 2.98. The number of halogens is 1. The fourth-order valence-electron chi connectivity index (χ4n) is 2.81. The van der Waals surface area contributed by atoms with Crippen LogP contribution in [0, 0.1) is 0 Å². The number of rotatable bonds is 3. The molecule has 0 saturated carbocycles. The first-order valence-electron chi connectivity index (χ1n) is 7.29. The van der Waals surface area contributed by atoms with Crippen LogP contribution in [-0.2, 0) is 11.3 Å². The van der Waals surface area contributed by atoms with Crippen molar-refractivity contribution in [1.82, 2.24) is 19.9 Å². The number of aromatic nitrogens is 3. The first-order chi connectivity index (χ1) is 10.5. The van der Waals surface area contributed by atoms with Crippen LogP contribution in [0.25, 0.3) is 5.69 Å². The molecule has 2 aromatic rings. The van der Waals surface area contributed by atoms with E-state index in [1.54, 1.807) is 22.9 Å². The second kappa shape index (κ2) is 6.24. The highest BCUT2D eigenvalue weighted by Crippen LogP contribution is 2.24. The summed E-state index contributed by atoms with van der Waals surface area (Å²) in [5, 5.41) is 18.7. The van der Waals surface area contributed by atoms with Crippen molar-refractivity contribution in [1.29, 1.82) is 0 Å². The van der Waals surface area contributed by atoms with Gasteiger partial charge in [-0.15, -0.1) is 5.10 Å². The SMILES string of the molecule is C[C@@H]1CN(Cc2cn(-c3cc(Cl)ccc3O)nn2)C[C@H](C)O1. The van der Waals surface area contributed by atoms with Crippen LogP contribution >= 0.6 is 11.6 Å². The summed E-state index contributed by atoms with van der Waals surface area (Å²) in [4.78, 5) is 2.30. The predicted molar refractivity (Wildman–Crippen MR) is 83.3 cm³/mol. The maximum Gasteiger partial charge on any atom is 0.141 e. The van der Waals surface area contributed by atoms with Gasteiger partial charge in [0.05, 0.1) is 24.1 Å². The molecule has 0 spiro atoms. The Morgan fingerprint density at radius 1 is 1.32 bits per heavy atom. The zero-order chi connectivity index (χ0) is 15.7. The number of morpholine rings is 1.